The molecule has 4 heterocycles. The third-order valence-corrected chi connectivity index (χ3v) is 5.17. The third kappa shape index (κ3) is 2.93. The van der Waals surface area contributed by atoms with E-state index in [1.165, 1.54) is 0 Å². The molecule has 0 bridgehead atoms. The number of aromatic nitrogens is 3. The molecule has 1 atom stereocenters. The number of aryl methyl sites for hydroxylation is 2. The highest BCUT2D eigenvalue weighted by atomic mass is 16.4. The Bertz CT molecular complexity index is 1250. The van der Waals surface area contributed by atoms with Gasteiger partial charge in [0.2, 0.25) is 0 Å². The van der Waals surface area contributed by atoms with E-state index in [9.17, 15) is 4.79 Å². The van der Waals surface area contributed by atoms with Crippen LogP contribution < -0.4 is 16.3 Å². The number of fused-ring (bicyclic) bond motifs is 2. The van der Waals surface area contributed by atoms with Gasteiger partial charge in [0.1, 0.15) is 5.58 Å². The molecule has 3 aromatic heterocycles. The van der Waals surface area contributed by atoms with E-state index in [0.717, 1.165) is 47.6 Å². The number of rotatable bonds is 3. The van der Waals surface area contributed by atoms with Gasteiger partial charge in [0.05, 0.1) is 22.6 Å². The van der Waals surface area contributed by atoms with Crippen molar-refractivity contribution in [3.8, 4) is 11.3 Å². The van der Waals surface area contributed by atoms with Crippen molar-refractivity contribution in [1.82, 2.24) is 19.7 Å². The minimum Gasteiger partial charge on any atom is -0.422 e. The largest absolute Gasteiger partial charge is 0.422 e. The molecule has 0 aliphatic carbocycles. The topological polar surface area (TPSA) is 84.5 Å². The zero-order valence-corrected chi connectivity index (χ0v) is 15.8. The van der Waals surface area contributed by atoms with Crippen molar-refractivity contribution >= 4 is 22.3 Å². The average molecular weight is 375 g/mol. The van der Waals surface area contributed by atoms with Gasteiger partial charge in [-0.15, -0.1) is 0 Å². The van der Waals surface area contributed by atoms with Gasteiger partial charge in [0.25, 0.3) is 0 Å². The predicted molar refractivity (Wildman–Crippen MR) is 109 cm³/mol. The molecular weight excluding hydrogens is 354 g/mol. The molecule has 1 fully saturated rings. The Morgan fingerprint density at radius 2 is 2.11 bits per heavy atom. The van der Waals surface area contributed by atoms with E-state index in [-0.39, 0.29) is 0 Å². The highest BCUT2D eigenvalue weighted by Crippen LogP contribution is 2.24. The Balaban J connectivity index is 1.56. The van der Waals surface area contributed by atoms with Crippen LogP contribution >= 0.6 is 0 Å². The van der Waals surface area contributed by atoms with E-state index in [1.54, 1.807) is 0 Å². The molecule has 4 aromatic rings. The van der Waals surface area contributed by atoms with E-state index < -0.39 is 5.63 Å². The molecule has 1 saturated heterocycles. The summed E-state index contributed by atoms with van der Waals surface area (Å²) in [6.45, 7) is 5.82. The maximum absolute atomic E-state index is 12.7. The quantitative estimate of drug-likeness (QED) is 0.536. The first-order chi connectivity index (χ1) is 13.6. The summed E-state index contributed by atoms with van der Waals surface area (Å²) in [5.74, 6) is 0. The fourth-order valence-corrected chi connectivity index (χ4v) is 3.83. The number of benzene rings is 1. The Labute approximate surface area is 161 Å². The van der Waals surface area contributed by atoms with Gasteiger partial charge >= 0.3 is 5.63 Å². The summed E-state index contributed by atoms with van der Waals surface area (Å²) in [4.78, 5) is 21.7. The summed E-state index contributed by atoms with van der Waals surface area (Å²) in [6, 6.07) is 8.13. The average Bonchev–Trinajstić information content (AvgIpc) is 3.30. The van der Waals surface area contributed by atoms with Crippen LogP contribution in [0.15, 0.2) is 45.9 Å². The molecule has 5 rings (SSSR count). The number of nitrogens with zero attached hydrogens (tertiary/aromatic N) is 3. The van der Waals surface area contributed by atoms with E-state index >= 15 is 0 Å². The minimum absolute atomic E-state index is 0.391. The first-order valence-electron chi connectivity index (χ1n) is 9.45. The molecule has 1 aromatic carbocycles. The van der Waals surface area contributed by atoms with Crippen molar-refractivity contribution in [2.75, 3.05) is 18.4 Å². The van der Waals surface area contributed by atoms with Crippen molar-refractivity contribution in [3.05, 3.63) is 58.5 Å². The molecule has 0 saturated carbocycles. The molecule has 7 heteroatoms. The van der Waals surface area contributed by atoms with Gasteiger partial charge in [-0.2, -0.15) is 0 Å². The number of nitrogens with one attached hydrogen (secondary N) is 2. The zero-order valence-electron chi connectivity index (χ0n) is 15.8. The SMILES string of the molecule is Cc1cn2cc(-c3cc4ccc(NC5CCNC5)cc4oc3=O)nc2c(C)n1. The van der Waals surface area contributed by atoms with Crippen molar-refractivity contribution in [3.63, 3.8) is 0 Å². The highest BCUT2D eigenvalue weighted by molar-refractivity contribution is 5.84. The fourth-order valence-electron chi connectivity index (χ4n) is 3.83. The zero-order chi connectivity index (χ0) is 19.3. The van der Waals surface area contributed by atoms with Crippen LogP contribution in [-0.4, -0.2) is 33.5 Å². The molecule has 7 nitrogen and oxygen atoms in total. The van der Waals surface area contributed by atoms with Crippen molar-refractivity contribution in [2.45, 2.75) is 26.3 Å². The number of anilines is 1. The van der Waals surface area contributed by atoms with Gasteiger partial charge in [-0.05, 0) is 45.0 Å². The van der Waals surface area contributed by atoms with Crippen LogP contribution in [0, 0.1) is 13.8 Å². The fraction of sp³-hybridized carbons (Fsp3) is 0.286. The van der Waals surface area contributed by atoms with Crippen LogP contribution in [-0.2, 0) is 0 Å². The lowest BCUT2D eigenvalue weighted by atomic mass is 10.1. The van der Waals surface area contributed by atoms with Crippen molar-refractivity contribution in [2.24, 2.45) is 0 Å². The van der Waals surface area contributed by atoms with Crippen molar-refractivity contribution in [1.29, 1.82) is 0 Å². The second kappa shape index (κ2) is 6.45. The van der Waals surface area contributed by atoms with E-state index in [1.807, 2.05) is 54.9 Å². The van der Waals surface area contributed by atoms with E-state index in [0.29, 0.717) is 22.9 Å². The summed E-state index contributed by atoms with van der Waals surface area (Å²) in [5.41, 5.74) is 4.65. The summed E-state index contributed by atoms with van der Waals surface area (Å²) < 4.78 is 7.53. The Morgan fingerprint density at radius 3 is 2.93 bits per heavy atom. The maximum Gasteiger partial charge on any atom is 0.345 e. The molecule has 1 unspecified atom stereocenters. The molecule has 28 heavy (non-hydrogen) atoms. The Kier molecular flexibility index (Phi) is 3.91. The molecule has 1 aliphatic heterocycles. The molecule has 2 N–H and O–H groups in total. The second-order valence-electron chi connectivity index (χ2n) is 7.36. The van der Waals surface area contributed by atoms with Crippen LogP contribution in [0.3, 0.4) is 0 Å². The molecular formula is C21H21N5O2. The lowest BCUT2D eigenvalue weighted by Gasteiger charge is -2.13. The van der Waals surface area contributed by atoms with Crippen LogP contribution in [0.1, 0.15) is 17.8 Å². The molecule has 0 spiro atoms. The Morgan fingerprint density at radius 1 is 1.21 bits per heavy atom. The van der Waals surface area contributed by atoms with Gasteiger partial charge in [-0.3, -0.25) is 4.98 Å². The van der Waals surface area contributed by atoms with Gasteiger partial charge in [-0.25, -0.2) is 9.78 Å². The van der Waals surface area contributed by atoms with Crippen LogP contribution in [0.4, 0.5) is 5.69 Å². The standard InChI is InChI=1S/C21H21N5O2/c1-12-10-26-11-18(25-20(26)13(2)23-12)17-7-14-3-4-15(8-19(14)28-21(17)27)24-16-5-6-22-9-16/h3-4,7-8,10-11,16,22,24H,5-6,9H2,1-2H3. The van der Waals surface area contributed by atoms with E-state index in [4.69, 9.17) is 4.42 Å². The lowest BCUT2D eigenvalue weighted by molar-refractivity contribution is 0.563. The number of hydrogen-bond acceptors (Lipinski definition) is 6. The summed E-state index contributed by atoms with van der Waals surface area (Å²) in [7, 11) is 0. The first-order valence-corrected chi connectivity index (χ1v) is 9.45. The van der Waals surface area contributed by atoms with Crippen LogP contribution in [0.5, 0.6) is 0 Å². The van der Waals surface area contributed by atoms with E-state index in [2.05, 4.69) is 20.6 Å². The number of hydrogen-bond donors (Lipinski definition) is 2. The maximum atomic E-state index is 12.7. The van der Waals surface area contributed by atoms with Gasteiger partial charge in [0, 0.05) is 42.1 Å². The smallest absolute Gasteiger partial charge is 0.345 e. The summed E-state index contributed by atoms with van der Waals surface area (Å²) in [6.07, 6.45) is 4.83. The summed E-state index contributed by atoms with van der Waals surface area (Å²) in [5, 5.41) is 7.68. The number of imidazole rings is 1. The van der Waals surface area contributed by atoms with Crippen LogP contribution in [0.25, 0.3) is 27.9 Å². The van der Waals surface area contributed by atoms with Gasteiger partial charge in [0.15, 0.2) is 5.65 Å². The molecule has 0 amide bonds. The van der Waals surface area contributed by atoms with Crippen molar-refractivity contribution < 1.29 is 4.42 Å². The molecule has 0 radical (unpaired) electrons. The molecule has 142 valence electrons. The van der Waals surface area contributed by atoms with Gasteiger partial charge in [-0.1, -0.05) is 0 Å². The third-order valence-electron chi connectivity index (χ3n) is 5.17. The molecule has 1 aliphatic rings. The monoisotopic (exact) mass is 375 g/mol. The Hall–Kier alpha value is -3.19. The summed E-state index contributed by atoms with van der Waals surface area (Å²) >= 11 is 0. The van der Waals surface area contributed by atoms with Gasteiger partial charge < -0.3 is 19.5 Å². The highest BCUT2D eigenvalue weighted by Gasteiger charge is 2.16. The lowest BCUT2D eigenvalue weighted by Crippen LogP contribution is -2.21. The normalized spacial score (nSPS) is 16.9. The van der Waals surface area contributed by atoms with Crippen LogP contribution in [0.2, 0.25) is 0 Å². The first kappa shape index (κ1) is 16.9. The minimum atomic E-state index is -0.391. The predicted octanol–water partition coefficient (Wildman–Crippen LogP) is 2.89. The second-order valence-corrected chi connectivity index (χ2v) is 7.36.